The summed E-state index contributed by atoms with van der Waals surface area (Å²) >= 11 is 0. The molecule has 0 atom stereocenters. The Morgan fingerprint density at radius 2 is 0.857 bits per heavy atom. The van der Waals surface area contributed by atoms with E-state index in [2.05, 4.69) is 130 Å². The number of hydrogen-bond acceptors (Lipinski definition) is 4. The van der Waals surface area contributed by atoms with Crippen LogP contribution in [0.2, 0.25) is 0 Å². The Balaban J connectivity index is 1.05. The highest BCUT2D eigenvalue weighted by molar-refractivity contribution is 6.17. The van der Waals surface area contributed by atoms with E-state index in [1.165, 1.54) is 16.3 Å². The van der Waals surface area contributed by atoms with Gasteiger partial charge in [0, 0.05) is 50.4 Å². The van der Waals surface area contributed by atoms with Crippen molar-refractivity contribution in [1.29, 1.82) is 0 Å². The summed E-state index contributed by atoms with van der Waals surface area (Å²) in [5, 5.41) is 3.54. The van der Waals surface area contributed by atoms with Gasteiger partial charge in [0.05, 0.1) is 27.6 Å². The molecule has 0 aliphatic carbocycles. The van der Waals surface area contributed by atoms with Crippen LogP contribution in [0.25, 0.3) is 100 Å². The molecule has 0 saturated carbocycles. The number of aromatic nitrogens is 6. The van der Waals surface area contributed by atoms with Gasteiger partial charge < -0.3 is 9.13 Å². The monoisotopic (exact) mass is 716 g/mol. The van der Waals surface area contributed by atoms with E-state index in [4.69, 9.17) is 19.9 Å². The summed E-state index contributed by atoms with van der Waals surface area (Å²) in [5.74, 6) is 1.92. The SMILES string of the molecule is c1ccc(-c2nc(-c3ccccc3)nc(-c3ccc(-n4c5ccccc5c5c(-c6ccc7c(c6)c6ncccc6n7-c6ccccc6)cccc54)cc3)n2)cc1. The second kappa shape index (κ2) is 13.0. The van der Waals surface area contributed by atoms with Gasteiger partial charge in [-0.05, 0) is 83.9 Å². The average Bonchev–Trinajstić information content (AvgIpc) is 3.80. The lowest BCUT2D eigenvalue weighted by molar-refractivity contribution is 1.07. The number of para-hydroxylation sites is 2. The largest absolute Gasteiger partial charge is 0.309 e. The molecule has 0 aliphatic rings. The van der Waals surface area contributed by atoms with E-state index < -0.39 is 0 Å². The Morgan fingerprint density at radius 1 is 0.339 bits per heavy atom. The van der Waals surface area contributed by atoms with Crippen LogP contribution in [0.1, 0.15) is 0 Å². The Hall–Kier alpha value is -7.70. The molecule has 0 N–H and O–H groups in total. The minimum absolute atomic E-state index is 0.632. The highest BCUT2D eigenvalue weighted by atomic mass is 15.0. The molecule has 0 spiro atoms. The first-order valence-corrected chi connectivity index (χ1v) is 18.7. The molecule has 56 heavy (non-hydrogen) atoms. The molecule has 4 heterocycles. The first-order valence-electron chi connectivity index (χ1n) is 18.7. The quantitative estimate of drug-likeness (QED) is 0.172. The Bertz CT molecular complexity index is 3160. The standard InChI is InChI=1S/C50H32N6/c1-4-14-33(15-5-1)48-52-49(34-16-6-2-7-17-34)54-50(53-48)35-25-28-38(29-26-35)55-42-22-11-10-20-40(42)46-39(21-12-23-44(46)55)36-27-30-43-41(32-36)47-45(24-13-31-51-47)56(43)37-18-8-3-9-19-37/h1-32H. The van der Waals surface area contributed by atoms with Crippen molar-refractivity contribution in [3.63, 3.8) is 0 Å². The molecule has 0 aliphatic heterocycles. The lowest BCUT2D eigenvalue weighted by Gasteiger charge is -2.11. The van der Waals surface area contributed by atoms with Crippen LogP contribution in [-0.4, -0.2) is 29.1 Å². The van der Waals surface area contributed by atoms with Crippen LogP contribution in [0.3, 0.4) is 0 Å². The zero-order valence-corrected chi connectivity index (χ0v) is 30.2. The fourth-order valence-electron chi connectivity index (χ4n) is 8.09. The number of pyridine rings is 1. The molecular weight excluding hydrogens is 685 g/mol. The Labute approximate surface area is 322 Å². The molecule has 6 heteroatoms. The van der Waals surface area contributed by atoms with E-state index in [0.29, 0.717) is 17.5 Å². The van der Waals surface area contributed by atoms with Gasteiger partial charge in [-0.25, -0.2) is 15.0 Å². The van der Waals surface area contributed by atoms with Gasteiger partial charge in [-0.3, -0.25) is 4.98 Å². The second-order valence-corrected chi connectivity index (χ2v) is 13.9. The van der Waals surface area contributed by atoms with E-state index in [1.54, 1.807) is 0 Å². The van der Waals surface area contributed by atoms with Crippen molar-refractivity contribution >= 4 is 43.7 Å². The van der Waals surface area contributed by atoms with Crippen molar-refractivity contribution in [3.05, 3.63) is 194 Å². The molecule has 0 bridgehead atoms. The van der Waals surface area contributed by atoms with E-state index in [0.717, 1.165) is 66.6 Å². The molecule has 0 fully saturated rings. The van der Waals surface area contributed by atoms with Gasteiger partial charge in [-0.2, -0.15) is 0 Å². The molecule has 0 amide bonds. The third kappa shape index (κ3) is 5.19. The predicted octanol–water partition coefficient (Wildman–Crippen LogP) is 12.1. The van der Waals surface area contributed by atoms with Crippen molar-refractivity contribution in [3.8, 4) is 56.7 Å². The Kier molecular flexibility index (Phi) is 7.38. The van der Waals surface area contributed by atoms with Crippen LogP contribution in [0.15, 0.2) is 194 Å². The van der Waals surface area contributed by atoms with Gasteiger partial charge in [-0.15, -0.1) is 0 Å². The normalized spacial score (nSPS) is 11.6. The highest BCUT2D eigenvalue weighted by Crippen LogP contribution is 2.41. The number of hydrogen-bond donors (Lipinski definition) is 0. The molecule has 0 radical (unpaired) electrons. The van der Waals surface area contributed by atoms with Gasteiger partial charge in [0.25, 0.3) is 0 Å². The van der Waals surface area contributed by atoms with Crippen LogP contribution in [0, 0.1) is 0 Å². The predicted molar refractivity (Wildman–Crippen MR) is 228 cm³/mol. The van der Waals surface area contributed by atoms with E-state index >= 15 is 0 Å². The smallest absolute Gasteiger partial charge is 0.164 e. The zero-order chi connectivity index (χ0) is 37.0. The highest BCUT2D eigenvalue weighted by Gasteiger charge is 2.19. The van der Waals surface area contributed by atoms with E-state index in [9.17, 15) is 0 Å². The van der Waals surface area contributed by atoms with Crippen molar-refractivity contribution in [2.75, 3.05) is 0 Å². The third-order valence-corrected chi connectivity index (χ3v) is 10.6. The number of benzene rings is 7. The molecule has 11 aromatic rings. The van der Waals surface area contributed by atoms with Crippen molar-refractivity contribution in [2.24, 2.45) is 0 Å². The molecule has 0 unspecified atom stereocenters. The second-order valence-electron chi connectivity index (χ2n) is 13.9. The summed E-state index contributed by atoms with van der Waals surface area (Å²) in [6.07, 6.45) is 1.88. The van der Waals surface area contributed by atoms with Crippen LogP contribution in [-0.2, 0) is 0 Å². The van der Waals surface area contributed by atoms with E-state index in [-0.39, 0.29) is 0 Å². The van der Waals surface area contributed by atoms with Gasteiger partial charge in [-0.1, -0.05) is 115 Å². The van der Waals surface area contributed by atoms with Crippen LogP contribution >= 0.6 is 0 Å². The molecular formula is C50H32N6. The molecule has 4 aromatic heterocycles. The summed E-state index contributed by atoms with van der Waals surface area (Å²) in [7, 11) is 0. The fraction of sp³-hybridized carbons (Fsp3) is 0. The number of rotatable bonds is 6. The van der Waals surface area contributed by atoms with Crippen LogP contribution in [0.5, 0.6) is 0 Å². The first-order chi connectivity index (χ1) is 27.8. The number of nitrogens with zero attached hydrogens (tertiary/aromatic N) is 6. The fourth-order valence-corrected chi connectivity index (χ4v) is 8.09. The lowest BCUT2D eigenvalue weighted by atomic mass is 9.98. The number of fused-ring (bicyclic) bond motifs is 6. The maximum Gasteiger partial charge on any atom is 0.164 e. The molecule has 262 valence electrons. The van der Waals surface area contributed by atoms with E-state index in [1.807, 2.05) is 72.9 Å². The topological polar surface area (TPSA) is 61.4 Å². The minimum atomic E-state index is 0.632. The lowest BCUT2D eigenvalue weighted by Crippen LogP contribution is -2.00. The summed E-state index contributed by atoms with van der Waals surface area (Å²) in [6, 6.07) is 65.5. The van der Waals surface area contributed by atoms with Crippen LogP contribution < -0.4 is 0 Å². The zero-order valence-electron chi connectivity index (χ0n) is 30.2. The summed E-state index contributed by atoms with van der Waals surface area (Å²) < 4.78 is 4.66. The summed E-state index contributed by atoms with van der Waals surface area (Å²) in [6.45, 7) is 0. The minimum Gasteiger partial charge on any atom is -0.309 e. The third-order valence-electron chi connectivity index (χ3n) is 10.6. The maximum absolute atomic E-state index is 4.96. The molecule has 0 saturated heterocycles. The first kappa shape index (κ1) is 31.8. The molecule has 7 aromatic carbocycles. The Morgan fingerprint density at radius 3 is 1.55 bits per heavy atom. The summed E-state index contributed by atoms with van der Waals surface area (Å²) in [4.78, 5) is 19.7. The maximum atomic E-state index is 4.96. The molecule has 6 nitrogen and oxygen atoms in total. The van der Waals surface area contributed by atoms with Crippen molar-refractivity contribution < 1.29 is 0 Å². The van der Waals surface area contributed by atoms with Gasteiger partial charge in [0.2, 0.25) is 0 Å². The average molecular weight is 717 g/mol. The van der Waals surface area contributed by atoms with Crippen LogP contribution in [0.4, 0.5) is 0 Å². The van der Waals surface area contributed by atoms with Gasteiger partial charge >= 0.3 is 0 Å². The summed E-state index contributed by atoms with van der Waals surface area (Å²) in [5.41, 5.74) is 12.8. The van der Waals surface area contributed by atoms with Crippen molar-refractivity contribution in [2.45, 2.75) is 0 Å². The van der Waals surface area contributed by atoms with Gasteiger partial charge in [0.1, 0.15) is 0 Å². The van der Waals surface area contributed by atoms with Gasteiger partial charge in [0.15, 0.2) is 17.5 Å². The molecule has 11 rings (SSSR count). The van der Waals surface area contributed by atoms with Crippen molar-refractivity contribution in [1.82, 2.24) is 29.1 Å².